The van der Waals surface area contributed by atoms with E-state index in [1.807, 2.05) is 0 Å². The van der Waals surface area contributed by atoms with Gasteiger partial charge in [-0.1, -0.05) is 36.1 Å². The lowest BCUT2D eigenvalue weighted by atomic mass is 10.0. The number of hydrogen-bond acceptors (Lipinski definition) is 1. The average molecular weight is 220 g/mol. The Morgan fingerprint density at radius 2 is 1.94 bits per heavy atom. The first kappa shape index (κ1) is 10.1. The fourth-order valence-corrected chi connectivity index (χ4v) is 2.54. The third-order valence-corrected chi connectivity index (χ3v) is 3.29. The van der Waals surface area contributed by atoms with Crippen molar-refractivity contribution in [3.63, 3.8) is 0 Å². The van der Waals surface area contributed by atoms with Crippen LogP contribution in [-0.2, 0) is 17.6 Å². The quantitative estimate of drug-likeness (QED) is 0.533. The van der Waals surface area contributed by atoms with Crippen molar-refractivity contribution < 1.29 is 4.79 Å². The third kappa shape index (κ3) is 1.62. The topological polar surface area (TPSA) is 17.1 Å². The highest BCUT2D eigenvalue weighted by atomic mass is 16.1. The van der Waals surface area contributed by atoms with Crippen LogP contribution in [0.1, 0.15) is 23.1 Å². The number of rotatable bonds is 1. The number of carbonyl (C=O) groups excluding carboxylic acids is 1. The van der Waals surface area contributed by atoms with Gasteiger partial charge in [0.05, 0.1) is 6.42 Å². The van der Waals surface area contributed by atoms with E-state index in [9.17, 15) is 4.79 Å². The van der Waals surface area contributed by atoms with Crippen LogP contribution in [0.4, 0.5) is 0 Å². The van der Waals surface area contributed by atoms with E-state index < -0.39 is 0 Å². The molecule has 0 saturated heterocycles. The summed E-state index contributed by atoms with van der Waals surface area (Å²) in [4.78, 5) is 10.3. The lowest BCUT2D eigenvalue weighted by Gasteiger charge is -2.03. The number of hydrogen-bond donors (Lipinski definition) is 0. The fourth-order valence-electron chi connectivity index (χ4n) is 2.54. The molecule has 0 fully saturated rings. The van der Waals surface area contributed by atoms with E-state index in [4.69, 9.17) is 0 Å². The van der Waals surface area contributed by atoms with Crippen LogP contribution < -0.4 is 0 Å². The summed E-state index contributed by atoms with van der Waals surface area (Å²) in [6.07, 6.45) is 3.42. The van der Waals surface area contributed by atoms with E-state index in [0.29, 0.717) is 6.42 Å². The Balaban J connectivity index is 2.23. The lowest BCUT2D eigenvalue weighted by molar-refractivity contribution is -0.107. The van der Waals surface area contributed by atoms with Crippen LogP contribution in [0.25, 0.3) is 10.8 Å². The number of aryl methyl sites for hydroxylation is 2. The molecule has 1 nitrogen and oxygen atoms in total. The van der Waals surface area contributed by atoms with Gasteiger partial charge in [-0.3, -0.25) is 0 Å². The second-order valence-corrected chi connectivity index (χ2v) is 4.28. The standard InChI is InChI=1S/C16H12O/c17-11-2-1-4-12-7-8-14-10-9-13-5-3-6-15(12)16(13)14/h3,5-8,11H,2,9-10H2. The normalized spacial score (nSPS) is 12.2. The van der Waals surface area contributed by atoms with Crippen LogP contribution >= 0.6 is 0 Å². The lowest BCUT2D eigenvalue weighted by Crippen LogP contribution is -1.83. The van der Waals surface area contributed by atoms with Crippen molar-refractivity contribution in [2.75, 3.05) is 0 Å². The Hall–Kier alpha value is -2.07. The second kappa shape index (κ2) is 4.07. The Morgan fingerprint density at radius 1 is 1.12 bits per heavy atom. The van der Waals surface area contributed by atoms with Gasteiger partial charge in [0.25, 0.3) is 0 Å². The zero-order valence-corrected chi connectivity index (χ0v) is 9.49. The van der Waals surface area contributed by atoms with Crippen molar-refractivity contribution in [1.29, 1.82) is 0 Å². The summed E-state index contributed by atoms with van der Waals surface area (Å²) in [5, 5.41) is 2.61. The van der Waals surface area contributed by atoms with Crippen LogP contribution in [0, 0.1) is 11.8 Å². The van der Waals surface area contributed by atoms with E-state index >= 15 is 0 Å². The van der Waals surface area contributed by atoms with Crippen molar-refractivity contribution in [1.82, 2.24) is 0 Å². The number of carbonyl (C=O) groups is 1. The summed E-state index contributed by atoms with van der Waals surface area (Å²) in [7, 11) is 0. The van der Waals surface area contributed by atoms with Gasteiger partial charge < -0.3 is 4.79 Å². The van der Waals surface area contributed by atoms with E-state index in [-0.39, 0.29) is 0 Å². The molecule has 1 aliphatic carbocycles. The van der Waals surface area contributed by atoms with Crippen LogP contribution in [0.3, 0.4) is 0 Å². The summed E-state index contributed by atoms with van der Waals surface area (Å²) in [5.41, 5.74) is 3.89. The molecule has 0 bridgehead atoms. The molecule has 3 rings (SSSR count). The molecule has 0 atom stereocenters. The molecule has 0 spiro atoms. The summed E-state index contributed by atoms with van der Waals surface area (Å²) >= 11 is 0. The van der Waals surface area contributed by atoms with Gasteiger partial charge in [0.15, 0.2) is 0 Å². The summed E-state index contributed by atoms with van der Waals surface area (Å²) in [6.45, 7) is 0. The molecule has 0 aromatic heterocycles. The van der Waals surface area contributed by atoms with Gasteiger partial charge in [0.1, 0.15) is 6.29 Å². The van der Waals surface area contributed by atoms with Crippen molar-refractivity contribution >= 4 is 17.1 Å². The molecule has 0 N–H and O–H groups in total. The maximum atomic E-state index is 10.3. The smallest absolute Gasteiger partial charge is 0.131 e. The molecule has 2 aromatic rings. The van der Waals surface area contributed by atoms with Gasteiger partial charge >= 0.3 is 0 Å². The molecule has 0 radical (unpaired) electrons. The molecule has 0 unspecified atom stereocenters. The second-order valence-electron chi connectivity index (χ2n) is 4.28. The van der Waals surface area contributed by atoms with Crippen molar-refractivity contribution in [2.45, 2.75) is 19.3 Å². The summed E-state index contributed by atoms with van der Waals surface area (Å²) in [5.74, 6) is 5.97. The monoisotopic (exact) mass is 220 g/mol. The minimum atomic E-state index is 0.308. The Kier molecular flexibility index (Phi) is 2.42. The molecule has 0 saturated carbocycles. The first-order valence-corrected chi connectivity index (χ1v) is 5.86. The van der Waals surface area contributed by atoms with Gasteiger partial charge in [-0.25, -0.2) is 0 Å². The highest BCUT2D eigenvalue weighted by Crippen LogP contribution is 2.32. The fraction of sp³-hybridized carbons (Fsp3) is 0.188. The maximum Gasteiger partial charge on any atom is 0.131 e. The van der Waals surface area contributed by atoms with E-state index in [2.05, 4.69) is 42.2 Å². The summed E-state index contributed by atoms with van der Waals surface area (Å²) in [6, 6.07) is 10.7. The van der Waals surface area contributed by atoms with Crippen LogP contribution in [0.15, 0.2) is 30.3 Å². The Bertz CT molecular complexity index is 646. The van der Waals surface area contributed by atoms with E-state index in [1.54, 1.807) is 0 Å². The SMILES string of the molecule is O=CCC#Cc1ccc2c3c(cccc13)CC2. The molecule has 82 valence electrons. The molecule has 0 aliphatic heterocycles. The molecule has 1 aliphatic rings. The first-order valence-electron chi connectivity index (χ1n) is 5.86. The Morgan fingerprint density at radius 3 is 2.76 bits per heavy atom. The first-order chi connectivity index (χ1) is 8.40. The summed E-state index contributed by atoms with van der Waals surface area (Å²) < 4.78 is 0. The van der Waals surface area contributed by atoms with Gasteiger partial charge in [-0.15, -0.1) is 0 Å². The van der Waals surface area contributed by atoms with Crippen molar-refractivity contribution in [2.24, 2.45) is 0 Å². The maximum absolute atomic E-state index is 10.3. The molecule has 0 amide bonds. The van der Waals surface area contributed by atoms with Crippen molar-refractivity contribution in [3.8, 4) is 11.8 Å². The van der Waals surface area contributed by atoms with Gasteiger partial charge in [-0.2, -0.15) is 0 Å². The Labute approximate surface area is 100 Å². The van der Waals surface area contributed by atoms with E-state index in [1.165, 1.54) is 21.9 Å². The molecular weight excluding hydrogens is 208 g/mol. The molecule has 17 heavy (non-hydrogen) atoms. The minimum Gasteiger partial charge on any atom is -0.302 e. The van der Waals surface area contributed by atoms with Gasteiger partial charge in [0.2, 0.25) is 0 Å². The zero-order valence-electron chi connectivity index (χ0n) is 9.49. The molecule has 0 heterocycles. The van der Waals surface area contributed by atoms with Crippen LogP contribution in [0.2, 0.25) is 0 Å². The third-order valence-electron chi connectivity index (χ3n) is 3.29. The zero-order chi connectivity index (χ0) is 11.7. The van der Waals surface area contributed by atoms with E-state index in [0.717, 1.165) is 24.7 Å². The number of aldehydes is 1. The van der Waals surface area contributed by atoms with Gasteiger partial charge in [0, 0.05) is 5.56 Å². The predicted molar refractivity (Wildman–Crippen MR) is 68.9 cm³/mol. The predicted octanol–water partition coefficient (Wildman–Crippen LogP) is 2.88. The highest BCUT2D eigenvalue weighted by Gasteiger charge is 2.14. The van der Waals surface area contributed by atoms with Crippen LogP contribution in [-0.4, -0.2) is 6.29 Å². The average Bonchev–Trinajstić information content (AvgIpc) is 2.78. The molecule has 1 heteroatoms. The van der Waals surface area contributed by atoms with Crippen molar-refractivity contribution in [3.05, 3.63) is 47.0 Å². The molecule has 2 aromatic carbocycles. The molecular formula is C16H12O. The van der Waals surface area contributed by atoms with Gasteiger partial charge in [-0.05, 0) is 40.8 Å². The van der Waals surface area contributed by atoms with Crippen LogP contribution in [0.5, 0.6) is 0 Å². The number of benzene rings is 2. The minimum absolute atomic E-state index is 0.308. The largest absolute Gasteiger partial charge is 0.302 e. The highest BCUT2D eigenvalue weighted by molar-refractivity contribution is 5.95.